The van der Waals surface area contributed by atoms with Gasteiger partial charge in [-0.3, -0.25) is 0 Å². The summed E-state index contributed by atoms with van der Waals surface area (Å²) in [5.74, 6) is 0.795. The molecule has 17 heavy (non-hydrogen) atoms. The second-order valence-electron chi connectivity index (χ2n) is 4.24. The topological polar surface area (TPSA) is 64.7 Å². The Morgan fingerprint density at radius 1 is 1.65 bits per heavy atom. The van der Waals surface area contributed by atoms with Gasteiger partial charge in [0.1, 0.15) is 18.5 Å². The van der Waals surface area contributed by atoms with Crippen molar-refractivity contribution in [2.45, 2.75) is 25.2 Å². The first-order valence-corrected chi connectivity index (χ1v) is 6.34. The maximum absolute atomic E-state index is 9.19. The lowest BCUT2D eigenvalue weighted by molar-refractivity contribution is -0.0409. The van der Waals surface area contributed by atoms with Crippen molar-refractivity contribution in [1.82, 2.24) is 0 Å². The Morgan fingerprint density at radius 2 is 2.41 bits per heavy atom. The Hall–Kier alpha value is -0.620. The van der Waals surface area contributed by atoms with Gasteiger partial charge in [0, 0.05) is 10.0 Å². The summed E-state index contributed by atoms with van der Waals surface area (Å²) in [6.07, 6.45) is -0.702. The third-order valence-corrected chi connectivity index (χ3v) is 3.18. The molecule has 0 spiro atoms. The quantitative estimate of drug-likeness (QED) is 0.890. The first-order valence-electron chi connectivity index (χ1n) is 5.55. The monoisotopic (exact) mass is 301 g/mol. The van der Waals surface area contributed by atoms with Gasteiger partial charge in [-0.25, -0.2) is 0 Å². The molecule has 0 saturated carbocycles. The van der Waals surface area contributed by atoms with Gasteiger partial charge in [0.05, 0.1) is 18.8 Å². The zero-order valence-corrected chi connectivity index (χ0v) is 11.2. The second-order valence-corrected chi connectivity index (χ2v) is 5.16. The molecule has 0 aliphatic carbocycles. The molecule has 4 nitrogen and oxygen atoms in total. The van der Waals surface area contributed by atoms with Crippen molar-refractivity contribution in [1.29, 1.82) is 0 Å². The SMILES string of the molecule is C[C@H](O)CO[C@@H]1COc2cc(Br)ccc2[C@@H]1N. The number of aliphatic hydroxyl groups excluding tert-OH is 1. The summed E-state index contributed by atoms with van der Waals surface area (Å²) in [6.45, 7) is 2.37. The van der Waals surface area contributed by atoms with E-state index in [-0.39, 0.29) is 18.8 Å². The minimum Gasteiger partial charge on any atom is -0.490 e. The Morgan fingerprint density at radius 3 is 3.12 bits per heavy atom. The first kappa shape index (κ1) is 12.8. The number of halogens is 1. The summed E-state index contributed by atoms with van der Waals surface area (Å²) in [4.78, 5) is 0. The molecular formula is C12H16BrNO3. The van der Waals surface area contributed by atoms with E-state index in [1.165, 1.54) is 0 Å². The largest absolute Gasteiger partial charge is 0.490 e. The first-order chi connectivity index (χ1) is 8.08. The fourth-order valence-electron chi connectivity index (χ4n) is 1.80. The minimum atomic E-state index is -0.492. The highest BCUT2D eigenvalue weighted by Crippen LogP contribution is 2.34. The highest BCUT2D eigenvalue weighted by Gasteiger charge is 2.29. The summed E-state index contributed by atoms with van der Waals surface area (Å²) in [7, 11) is 0. The molecule has 0 saturated heterocycles. The van der Waals surface area contributed by atoms with Gasteiger partial charge < -0.3 is 20.3 Å². The third-order valence-electron chi connectivity index (χ3n) is 2.69. The molecular weight excluding hydrogens is 286 g/mol. The second kappa shape index (κ2) is 5.35. The van der Waals surface area contributed by atoms with Crippen molar-refractivity contribution < 1.29 is 14.6 Å². The normalized spacial score (nSPS) is 24.9. The van der Waals surface area contributed by atoms with E-state index < -0.39 is 6.10 Å². The van der Waals surface area contributed by atoms with Gasteiger partial charge in [0.2, 0.25) is 0 Å². The molecule has 5 heteroatoms. The predicted octanol–water partition coefficient (Wildman–Crippen LogP) is 1.61. The fourth-order valence-corrected chi connectivity index (χ4v) is 2.14. The van der Waals surface area contributed by atoms with Gasteiger partial charge in [-0.15, -0.1) is 0 Å². The Kier molecular flexibility index (Phi) is 4.04. The summed E-state index contributed by atoms with van der Waals surface area (Å²) >= 11 is 3.39. The maximum Gasteiger partial charge on any atom is 0.125 e. The molecule has 0 unspecified atom stereocenters. The summed E-state index contributed by atoms with van der Waals surface area (Å²) in [5.41, 5.74) is 7.06. The van der Waals surface area contributed by atoms with Crippen LogP contribution in [0.25, 0.3) is 0 Å². The highest BCUT2D eigenvalue weighted by molar-refractivity contribution is 9.10. The Bertz CT molecular complexity index is 397. The average molecular weight is 302 g/mol. The van der Waals surface area contributed by atoms with Crippen LogP contribution in [-0.4, -0.2) is 30.5 Å². The van der Waals surface area contributed by atoms with E-state index in [1.807, 2.05) is 18.2 Å². The third kappa shape index (κ3) is 2.98. The van der Waals surface area contributed by atoms with Crippen molar-refractivity contribution in [2.24, 2.45) is 5.73 Å². The van der Waals surface area contributed by atoms with E-state index >= 15 is 0 Å². The summed E-state index contributed by atoms with van der Waals surface area (Å²) in [5, 5.41) is 9.19. The number of fused-ring (bicyclic) bond motifs is 1. The lowest BCUT2D eigenvalue weighted by Gasteiger charge is -2.31. The van der Waals surface area contributed by atoms with Crippen molar-refractivity contribution in [3.05, 3.63) is 28.2 Å². The van der Waals surface area contributed by atoms with E-state index in [9.17, 15) is 5.11 Å². The average Bonchev–Trinajstić information content (AvgIpc) is 2.27. The molecule has 94 valence electrons. The van der Waals surface area contributed by atoms with Crippen LogP contribution >= 0.6 is 15.9 Å². The van der Waals surface area contributed by atoms with Crippen LogP contribution in [0.4, 0.5) is 0 Å². The van der Waals surface area contributed by atoms with Crippen molar-refractivity contribution >= 4 is 15.9 Å². The molecule has 1 aromatic carbocycles. The molecule has 1 aliphatic rings. The molecule has 1 aromatic rings. The van der Waals surface area contributed by atoms with E-state index in [2.05, 4.69) is 15.9 Å². The van der Waals surface area contributed by atoms with Gasteiger partial charge in [-0.2, -0.15) is 0 Å². The van der Waals surface area contributed by atoms with Gasteiger partial charge >= 0.3 is 0 Å². The van der Waals surface area contributed by atoms with Gasteiger partial charge in [0.15, 0.2) is 0 Å². The Balaban J connectivity index is 2.10. The van der Waals surface area contributed by atoms with E-state index in [0.29, 0.717) is 6.61 Å². The van der Waals surface area contributed by atoms with Crippen LogP contribution < -0.4 is 10.5 Å². The van der Waals surface area contributed by atoms with Crippen LogP contribution in [0.2, 0.25) is 0 Å². The molecule has 3 N–H and O–H groups in total. The number of hydrogen-bond acceptors (Lipinski definition) is 4. The molecule has 2 rings (SSSR count). The zero-order valence-electron chi connectivity index (χ0n) is 9.60. The molecule has 0 radical (unpaired) electrons. The van der Waals surface area contributed by atoms with Gasteiger partial charge in [-0.05, 0) is 19.1 Å². The molecule has 0 fully saturated rings. The molecule has 0 aromatic heterocycles. The van der Waals surface area contributed by atoms with E-state index in [1.54, 1.807) is 6.92 Å². The molecule has 0 bridgehead atoms. The highest BCUT2D eigenvalue weighted by atomic mass is 79.9. The number of benzene rings is 1. The Labute approximate surface area is 109 Å². The minimum absolute atomic E-state index is 0.210. The smallest absolute Gasteiger partial charge is 0.125 e. The van der Waals surface area contributed by atoms with Crippen LogP contribution in [0, 0.1) is 0 Å². The molecule has 3 atom stereocenters. The van der Waals surface area contributed by atoms with Crippen LogP contribution in [0.3, 0.4) is 0 Å². The number of hydrogen-bond donors (Lipinski definition) is 2. The standard InChI is InChI=1S/C12H16BrNO3/c1-7(15)5-16-11-6-17-10-4-8(13)2-3-9(10)12(11)14/h2-4,7,11-12,15H,5-6,14H2,1H3/t7-,11+,12-/m0/s1. The molecule has 0 amide bonds. The molecule has 1 heterocycles. The number of rotatable bonds is 3. The van der Waals surface area contributed by atoms with E-state index in [4.69, 9.17) is 15.2 Å². The van der Waals surface area contributed by atoms with Crippen molar-refractivity contribution in [2.75, 3.05) is 13.2 Å². The number of nitrogens with two attached hydrogens (primary N) is 1. The van der Waals surface area contributed by atoms with Crippen molar-refractivity contribution in [3.63, 3.8) is 0 Å². The van der Waals surface area contributed by atoms with Crippen LogP contribution in [0.5, 0.6) is 5.75 Å². The van der Waals surface area contributed by atoms with Crippen LogP contribution in [-0.2, 0) is 4.74 Å². The van der Waals surface area contributed by atoms with Gasteiger partial charge in [0.25, 0.3) is 0 Å². The van der Waals surface area contributed by atoms with Gasteiger partial charge in [-0.1, -0.05) is 22.0 Å². The van der Waals surface area contributed by atoms with Crippen LogP contribution in [0.1, 0.15) is 18.5 Å². The maximum atomic E-state index is 9.19. The summed E-state index contributed by atoms with van der Waals surface area (Å²) in [6, 6.07) is 5.55. The fraction of sp³-hybridized carbons (Fsp3) is 0.500. The number of aliphatic hydroxyl groups is 1. The number of ether oxygens (including phenoxy) is 2. The lowest BCUT2D eigenvalue weighted by Crippen LogP contribution is -2.39. The zero-order chi connectivity index (χ0) is 12.4. The van der Waals surface area contributed by atoms with Crippen LogP contribution in [0.15, 0.2) is 22.7 Å². The van der Waals surface area contributed by atoms with E-state index in [0.717, 1.165) is 15.8 Å². The van der Waals surface area contributed by atoms with Crippen molar-refractivity contribution in [3.8, 4) is 5.75 Å². The summed E-state index contributed by atoms with van der Waals surface area (Å²) < 4.78 is 12.1. The molecule has 1 aliphatic heterocycles. The lowest BCUT2D eigenvalue weighted by atomic mass is 9.99. The predicted molar refractivity (Wildman–Crippen MR) is 68.0 cm³/mol.